The van der Waals surface area contributed by atoms with Crippen LogP contribution in [0.25, 0.3) is 0 Å². The average Bonchev–Trinajstić information content (AvgIpc) is 2.34. The van der Waals surface area contributed by atoms with Crippen molar-refractivity contribution in [1.29, 1.82) is 0 Å². The molecule has 0 spiro atoms. The third kappa shape index (κ3) is 3.77. The van der Waals surface area contributed by atoms with Gasteiger partial charge in [-0.05, 0) is 25.0 Å². The number of ether oxygens (including phenoxy) is 1. The van der Waals surface area contributed by atoms with E-state index in [2.05, 4.69) is 4.98 Å². The number of fused-ring (bicyclic) bond motifs is 1. The summed E-state index contributed by atoms with van der Waals surface area (Å²) in [4.78, 5) is 4.19. The molecule has 0 amide bonds. The van der Waals surface area contributed by atoms with Gasteiger partial charge in [0.25, 0.3) is 0 Å². The second-order valence-corrected chi connectivity index (χ2v) is 2.40. The molecule has 0 bridgehead atoms. The van der Waals surface area contributed by atoms with Crippen molar-refractivity contribution in [2.75, 3.05) is 6.61 Å². The molecule has 1 aliphatic rings. The van der Waals surface area contributed by atoms with Gasteiger partial charge in [0, 0.05) is 6.20 Å². The van der Waals surface area contributed by atoms with Gasteiger partial charge in [-0.3, -0.25) is 4.98 Å². The zero-order valence-corrected chi connectivity index (χ0v) is 9.71. The summed E-state index contributed by atoms with van der Waals surface area (Å²) in [6.07, 6.45) is 3.98. The molecule has 0 radical (unpaired) electrons. The van der Waals surface area contributed by atoms with Crippen LogP contribution < -0.4 is 4.74 Å². The van der Waals surface area contributed by atoms with Crippen LogP contribution in [-0.2, 0) is 6.42 Å². The van der Waals surface area contributed by atoms with E-state index in [4.69, 9.17) is 4.74 Å². The zero-order chi connectivity index (χ0) is 10.8. The predicted molar refractivity (Wildman–Crippen MR) is 60.7 cm³/mol. The van der Waals surface area contributed by atoms with Gasteiger partial charge in [0.2, 0.25) is 0 Å². The van der Waals surface area contributed by atoms with E-state index in [9.17, 15) is 0 Å². The molecule has 0 atom stereocenters. The number of nitrogens with zero attached hydrogens (tertiary/aromatic N) is 1. The number of hydrogen-bond donors (Lipinski definition) is 0. The summed E-state index contributed by atoms with van der Waals surface area (Å²) in [6, 6.07) is 3.88. The van der Waals surface area contributed by atoms with Crippen LogP contribution >= 0.6 is 0 Å². The SMILES string of the molecule is CC.CC.c1cnc2c(c1)OCCC2. The highest BCUT2D eigenvalue weighted by Gasteiger charge is 2.08. The van der Waals surface area contributed by atoms with Gasteiger partial charge in [0.1, 0.15) is 5.75 Å². The first-order valence-corrected chi connectivity index (χ1v) is 5.53. The Morgan fingerprint density at radius 3 is 2.57 bits per heavy atom. The van der Waals surface area contributed by atoms with E-state index in [1.807, 2.05) is 46.0 Å². The lowest BCUT2D eigenvalue weighted by Crippen LogP contribution is -2.09. The van der Waals surface area contributed by atoms with Gasteiger partial charge in [0.05, 0.1) is 12.3 Å². The fraction of sp³-hybridized carbons (Fsp3) is 0.583. The zero-order valence-electron chi connectivity index (χ0n) is 9.71. The van der Waals surface area contributed by atoms with Crippen LogP contribution in [0.5, 0.6) is 5.75 Å². The molecule has 1 aliphatic heterocycles. The summed E-state index contributed by atoms with van der Waals surface area (Å²) < 4.78 is 5.36. The van der Waals surface area contributed by atoms with Crippen LogP contribution in [-0.4, -0.2) is 11.6 Å². The molecule has 0 saturated heterocycles. The minimum atomic E-state index is 0.846. The fourth-order valence-corrected chi connectivity index (χ4v) is 1.16. The summed E-state index contributed by atoms with van der Waals surface area (Å²) in [6.45, 7) is 8.85. The van der Waals surface area contributed by atoms with Gasteiger partial charge in [0.15, 0.2) is 0 Å². The van der Waals surface area contributed by atoms with Crippen molar-refractivity contribution in [1.82, 2.24) is 4.98 Å². The summed E-state index contributed by atoms with van der Waals surface area (Å²) in [7, 11) is 0. The van der Waals surface area contributed by atoms with Crippen LogP contribution in [0.15, 0.2) is 18.3 Å². The van der Waals surface area contributed by atoms with Crippen LogP contribution in [0.3, 0.4) is 0 Å². The minimum absolute atomic E-state index is 0.846. The van der Waals surface area contributed by atoms with E-state index < -0.39 is 0 Å². The van der Waals surface area contributed by atoms with E-state index in [1.165, 1.54) is 0 Å². The van der Waals surface area contributed by atoms with Gasteiger partial charge in [-0.1, -0.05) is 27.7 Å². The Balaban J connectivity index is 0.000000379. The molecule has 14 heavy (non-hydrogen) atoms. The smallest absolute Gasteiger partial charge is 0.140 e. The van der Waals surface area contributed by atoms with Crippen LogP contribution in [0.2, 0.25) is 0 Å². The molecule has 0 aromatic carbocycles. The Hall–Kier alpha value is -1.05. The van der Waals surface area contributed by atoms with Crippen molar-refractivity contribution in [3.63, 3.8) is 0 Å². The van der Waals surface area contributed by atoms with Crippen molar-refractivity contribution in [3.05, 3.63) is 24.0 Å². The summed E-state index contributed by atoms with van der Waals surface area (Å²) in [5.74, 6) is 0.966. The maximum Gasteiger partial charge on any atom is 0.140 e. The molecule has 0 aliphatic carbocycles. The number of hydrogen-bond acceptors (Lipinski definition) is 2. The van der Waals surface area contributed by atoms with Crippen molar-refractivity contribution in [2.24, 2.45) is 0 Å². The Kier molecular flexibility index (Phi) is 7.90. The molecule has 0 saturated carbocycles. The maximum atomic E-state index is 5.36. The topological polar surface area (TPSA) is 22.1 Å². The molecule has 0 fully saturated rings. The third-order valence-corrected chi connectivity index (χ3v) is 1.66. The highest BCUT2D eigenvalue weighted by molar-refractivity contribution is 5.28. The molecule has 2 rings (SSSR count). The Bertz CT molecular complexity index is 211. The van der Waals surface area contributed by atoms with Crippen molar-refractivity contribution >= 4 is 0 Å². The molecule has 1 aromatic heterocycles. The highest BCUT2D eigenvalue weighted by atomic mass is 16.5. The summed E-state index contributed by atoms with van der Waals surface area (Å²) >= 11 is 0. The van der Waals surface area contributed by atoms with E-state index in [-0.39, 0.29) is 0 Å². The first kappa shape index (κ1) is 12.9. The Morgan fingerprint density at radius 2 is 1.93 bits per heavy atom. The summed E-state index contributed by atoms with van der Waals surface area (Å²) in [5, 5.41) is 0. The van der Waals surface area contributed by atoms with Crippen molar-refractivity contribution in [3.8, 4) is 5.75 Å². The van der Waals surface area contributed by atoms with Crippen molar-refractivity contribution < 1.29 is 4.74 Å². The second-order valence-electron chi connectivity index (χ2n) is 2.40. The van der Waals surface area contributed by atoms with E-state index >= 15 is 0 Å². The normalized spacial score (nSPS) is 12.0. The lowest BCUT2D eigenvalue weighted by Gasteiger charge is -2.14. The molecule has 0 N–H and O–H groups in total. The predicted octanol–water partition coefficient (Wildman–Crippen LogP) is 3.46. The minimum Gasteiger partial charge on any atom is -0.492 e. The van der Waals surface area contributed by atoms with Crippen molar-refractivity contribution in [2.45, 2.75) is 40.5 Å². The lowest BCUT2D eigenvalue weighted by molar-refractivity contribution is 0.285. The van der Waals surface area contributed by atoms with E-state index in [0.29, 0.717) is 0 Å². The quantitative estimate of drug-likeness (QED) is 0.632. The Morgan fingerprint density at radius 1 is 1.21 bits per heavy atom. The van der Waals surface area contributed by atoms with Crippen LogP contribution in [0, 0.1) is 0 Å². The molecule has 1 aromatic rings. The standard InChI is InChI=1S/C8H9NO.2C2H6/c1-4-8-7(9-5-1)3-2-6-10-8;2*1-2/h1,4-5H,2-3,6H2;2*1-2H3. The average molecular weight is 195 g/mol. The van der Waals surface area contributed by atoms with Gasteiger partial charge < -0.3 is 4.74 Å². The first-order valence-electron chi connectivity index (χ1n) is 5.53. The molecule has 0 unspecified atom stereocenters. The largest absolute Gasteiger partial charge is 0.492 e. The highest BCUT2D eigenvalue weighted by Crippen LogP contribution is 2.20. The molecular formula is C12H21NO. The Labute approximate surface area is 87.3 Å². The number of aromatic nitrogens is 1. The molecule has 80 valence electrons. The van der Waals surface area contributed by atoms with Gasteiger partial charge >= 0.3 is 0 Å². The lowest BCUT2D eigenvalue weighted by atomic mass is 10.2. The monoisotopic (exact) mass is 195 g/mol. The molecule has 2 nitrogen and oxygen atoms in total. The third-order valence-electron chi connectivity index (χ3n) is 1.66. The number of aryl methyl sites for hydroxylation is 1. The van der Waals surface area contributed by atoms with Gasteiger partial charge in [-0.15, -0.1) is 0 Å². The molecule has 2 heteroatoms. The van der Waals surface area contributed by atoms with E-state index in [1.54, 1.807) is 0 Å². The van der Waals surface area contributed by atoms with Gasteiger partial charge in [-0.25, -0.2) is 0 Å². The molecular weight excluding hydrogens is 174 g/mol. The summed E-state index contributed by atoms with van der Waals surface area (Å²) in [5.41, 5.74) is 1.11. The number of pyridine rings is 1. The van der Waals surface area contributed by atoms with Crippen LogP contribution in [0.1, 0.15) is 39.8 Å². The van der Waals surface area contributed by atoms with Crippen LogP contribution in [0.4, 0.5) is 0 Å². The maximum absolute atomic E-state index is 5.36. The first-order chi connectivity index (χ1) is 6.97. The molecule has 2 heterocycles. The van der Waals surface area contributed by atoms with E-state index in [0.717, 1.165) is 30.9 Å². The second kappa shape index (κ2) is 8.54. The number of rotatable bonds is 0. The fourth-order valence-electron chi connectivity index (χ4n) is 1.16. The van der Waals surface area contributed by atoms with Gasteiger partial charge in [-0.2, -0.15) is 0 Å².